The third kappa shape index (κ3) is 6.63. The molecule has 0 spiro atoms. The molecule has 0 rings (SSSR count). The van der Waals surface area contributed by atoms with E-state index >= 15 is 0 Å². The van der Waals surface area contributed by atoms with E-state index in [0.717, 1.165) is 6.21 Å². The summed E-state index contributed by atoms with van der Waals surface area (Å²) in [6, 6.07) is -0.617. The number of nitrogens with zero attached hydrogens (tertiary/aromatic N) is 2. The smallest absolute Gasteiger partial charge is 0.302 e. The summed E-state index contributed by atoms with van der Waals surface area (Å²) in [5, 5.41) is 32.0. The van der Waals surface area contributed by atoms with Crippen LogP contribution in [0.4, 0.5) is 0 Å². The highest BCUT2D eigenvalue weighted by Gasteiger charge is 2.15. The highest BCUT2D eigenvalue weighted by Crippen LogP contribution is 2.06. The molecule has 20 heavy (non-hydrogen) atoms. The number of nitro groups is 1. The molecule has 0 aromatic rings. The van der Waals surface area contributed by atoms with Crippen LogP contribution in [-0.4, -0.2) is 46.6 Å². The summed E-state index contributed by atoms with van der Waals surface area (Å²) in [6.45, 7) is 7.31. The van der Waals surface area contributed by atoms with Crippen LogP contribution in [0.25, 0.3) is 0 Å². The van der Waals surface area contributed by atoms with Crippen molar-refractivity contribution in [1.82, 2.24) is 5.32 Å². The second-order valence-electron chi connectivity index (χ2n) is 5.30. The monoisotopic (exact) mass is 287 g/mol. The van der Waals surface area contributed by atoms with Gasteiger partial charge in [-0.05, 0) is 11.8 Å². The van der Waals surface area contributed by atoms with Gasteiger partial charge in [-0.15, -0.1) is 0 Å². The van der Waals surface area contributed by atoms with E-state index < -0.39 is 4.92 Å². The number of rotatable bonds is 9. The van der Waals surface area contributed by atoms with Crippen molar-refractivity contribution in [2.75, 3.05) is 13.2 Å². The van der Waals surface area contributed by atoms with Crippen LogP contribution in [-0.2, 0) is 0 Å². The quantitative estimate of drug-likeness (QED) is 0.330. The Balaban J connectivity index is 4.88. The van der Waals surface area contributed by atoms with Crippen LogP contribution >= 0.6 is 0 Å². The van der Waals surface area contributed by atoms with Gasteiger partial charge >= 0.3 is 5.70 Å². The fourth-order valence-electron chi connectivity index (χ4n) is 1.39. The predicted molar refractivity (Wildman–Crippen MR) is 78.1 cm³/mol. The zero-order valence-corrected chi connectivity index (χ0v) is 12.5. The van der Waals surface area contributed by atoms with E-state index in [1.807, 2.05) is 27.7 Å². The summed E-state index contributed by atoms with van der Waals surface area (Å²) >= 11 is 0. The Bertz CT molecular complexity index is 354. The minimum atomic E-state index is -0.556. The van der Waals surface area contributed by atoms with Crippen LogP contribution < -0.4 is 5.32 Å². The van der Waals surface area contributed by atoms with E-state index in [1.165, 1.54) is 6.20 Å². The average molecular weight is 287 g/mol. The highest BCUT2D eigenvalue weighted by atomic mass is 16.6. The summed E-state index contributed by atoms with van der Waals surface area (Å²) in [5.41, 5.74) is -0.205. The SMILES string of the molecule is CC(C)[C@H](CO)N=C/C(=C/N[C@@H](CO)C(C)C)[N+](=O)[O-]. The Labute approximate surface area is 119 Å². The van der Waals surface area contributed by atoms with E-state index in [9.17, 15) is 10.1 Å². The molecule has 0 radical (unpaired) electrons. The van der Waals surface area contributed by atoms with Crippen molar-refractivity contribution >= 4 is 6.21 Å². The van der Waals surface area contributed by atoms with Gasteiger partial charge in [0.2, 0.25) is 0 Å². The van der Waals surface area contributed by atoms with E-state index in [0.29, 0.717) is 0 Å². The molecule has 3 N–H and O–H groups in total. The molecule has 7 nitrogen and oxygen atoms in total. The van der Waals surface area contributed by atoms with Crippen molar-refractivity contribution in [1.29, 1.82) is 0 Å². The van der Waals surface area contributed by atoms with Crippen LogP contribution in [0.3, 0.4) is 0 Å². The molecule has 0 aromatic heterocycles. The van der Waals surface area contributed by atoms with Gasteiger partial charge in [-0.1, -0.05) is 27.7 Å². The topological polar surface area (TPSA) is 108 Å². The first-order chi connectivity index (χ1) is 9.33. The van der Waals surface area contributed by atoms with E-state index in [-0.39, 0.29) is 42.8 Å². The molecule has 0 heterocycles. The molecular formula is C13H25N3O4. The molecule has 7 heteroatoms. The molecule has 2 atom stereocenters. The summed E-state index contributed by atoms with van der Waals surface area (Å²) in [6.07, 6.45) is 2.38. The number of hydrogen-bond donors (Lipinski definition) is 3. The standard InChI is InChI=1S/C13H25N3O4/c1-9(2)12(7-17)14-5-11(16(19)20)6-15-13(8-18)10(3)4/h5-6,9-10,12-14,17-18H,7-8H2,1-4H3/b11-5-,15-6?/t12-,13-/m0/s1. The minimum Gasteiger partial charge on any atom is -0.394 e. The molecule has 0 aromatic carbocycles. The minimum absolute atomic E-state index is 0.0954. The van der Waals surface area contributed by atoms with Crippen LogP contribution in [0, 0.1) is 22.0 Å². The summed E-state index contributed by atoms with van der Waals surface area (Å²) in [7, 11) is 0. The number of allylic oxidation sites excluding steroid dienone is 1. The molecule has 0 aliphatic rings. The Kier molecular flexibility index (Phi) is 8.74. The van der Waals surface area contributed by atoms with Crippen molar-refractivity contribution in [3.63, 3.8) is 0 Å². The molecule has 116 valence electrons. The van der Waals surface area contributed by atoms with Crippen molar-refractivity contribution in [2.24, 2.45) is 16.8 Å². The second kappa shape index (κ2) is 9.44. The van der Waals surface area contributed by atoms with Crippen LogP contribution in [0.5, 0.6) is 0 Å². The average Bonchev–Trinajstić information content (AvgIpc) is 2.36. The van der Waals surface area contributed by atoms with Gasteiger partial charge in [-0.25, -0.2) is 0 Å². The third-order valence-corrected chi connectivity index (χ3v) is 3.01. The van der Waals surface area contributed by atoms with Crippen molar-refractivity contribution < 1.29 is 15.1 Å². The Morgan fingerprint density at radius 2 is 1.85 bits per heavy atom. The summed E-state index contributed by atoms with van der Waals surface area (Å²) in [5.74, 6) is 0.236. The lowest BCUT2D eigenvalue weighted by Crippen LogP contribution is -2.34. The lowest BCUT2D eigenvalue weighted by molar-refractivity contribution is -0.414. The zero-order valence-electron chi connectivity index (χ0n) is 12.5. The lowest BCUT2D eigenvalue weighted by Gasteiger charge is -2.17. The Hall–Kier alpha value is -1.47. The second-order valence-corrected chi connectivity index (χ2v) is 5.30. The predicted octanol–water partition coefficient (Wildman–Crippen LogP) is 0.799. The molecule has 0 saturated heterocycles. The van der Waals surface area contributed by atoms with Crippen LogP contribution in [0.1, 0.15) is 27.7 Å². The number of aliphatic hydroxyl groups excluding tert-OH is 2. The van der Waals surface area contributed by atoms with Gasteiger partial charge in [0.1, 0.15) is 6.21 Å². The molecule has 0 bridgehead atoms. The fraction of sp³-hybridized carbons (Fsp3) is 0.769. The summed E-state index contributed by atoms with van der Waals surface area (Å²) in [4.78, 5) is 14.4. The Morgan fingerprint density at radius 1 is 1.25 bits per heavy atom. The first-order valence-electron chi connectivity index (χ1n) is 6.68. The molecule has 0 aliphatic carbocycles. The van der Waals surface area contributed by atoms with Gasteiger partial charge in [0.15, 0.2) is 0 Å². The van der Waals surface area contributed by atoms with Gasteiger partial charge < -0.3 is 15.5 Å². The largest absolute Gasteiger partial charge is 0.394 e. The maximum absolute atomic E-state index is 10.9. The van der Waals surface area contributed by atoms with Crippen molar-refractivity contribution in [2.45, 2.75) is 39.8 Å². The van der Waals surface area contributed by atoms with Gasteiger partial charge in [-0.3, -0.25) is 15.1 Å². The molecular weight excluding hydrogens is 262 g/mol. The summed E-state index contributed by atoms with van der Waals surface area (Å²) < 4.78 is 0. The van der Waals surface area contributed by atoms with Crippen LogP contribution in [0.2, 0.25) is 0 Å². The number of nitrogens with one attached hydrogen (secondary N) is 1. The van der Waals surface area contributed by atoms with Crippen LogP contribution in [0.15, 0.2) is 16.9 Å². The molecule has 0 unspecified atom stereocenters. The van der Waals surface area contributed by atoms with Crippen molar-refractivity contribution in [3.8, 4) is 0 Å². The highest BCUT2D eigenvalue weighted by molar-refractivity contribution is 5.75. The van der Waals surface area contributed by atoms with Crippen molar-refractivity contribution in [3.05, 3.63) is 22.0 Å². The van der Waals surface area contributed by atoms with Gasteiger partial charge in [0, 0.05) is 0 Å². The van der Waals surface area contributed by atoms with E-state index in [2.05, 4.69) is 10.3 Å². The fourth-order valence-corrected chi connectivity index (χ4v) is 1.39. The maximum atomic E-state index is 10.9. The lowest BCUT2D eigenvalue weighted by atomic mass is 10.1. The first-order valence-corrected chi connectivity index (χ1v) is 6.68. The van der Waals surface area contributed by atoms with E-state index in [4.69, 9.17) is 10.2 Å². The third-order valence-electron chi connectivity index (χ3n) is 3.01. The van der Waals surface area contributed by atoms with Gasteiger partial charge in [0.25, 0.3) is 0 Å². The number of aliphatic hydroxyl groups is 2. The number of aliphatic imine (C=N–C) groups is 1. The normalized spacial score (nSPS) is 15.9. The van der Waals surface area contributed by atoms with Gasteiger partial charge in [0.05, 0.1) is 36.4 Å². The molecule has 0 fully saturated rings. The van der Waals surface area contributed by atoms with E-state index in [1.54, 1.807) is 0 Å². The first kappa shape index (κ1) is 18.5. The van der Waals surface area contributed by atoms with Gasteiger partial charge in [-0.2, -0.15) is 0 Å². The Morgan fingerprint density at radius 3 is 2.20 bits per heavy atom. The molecule has 0 aliphatic heterocycles. The zero-order chi connectivity index (χ0) is 15.7. The number of hydrogen-bond acceptors (Lipinski definition) is 6. The molecule has 0 amide bonds. The maximum Gasteiger partial charge on any atom is 0.302 e. The molecule has 0 saturated carbocycles.